The molecule has 0 aliphatic carbocycles. The number of Topliss-reactive ketones (excluding diaryl/α,β-unsaturated/α-hetero) is 1. The van der Waals surface area contributed by atoms with E-state index in [1.54, 1.807) is 0 Å². The van der Waals surface area contributed by atoms with E-state index in [-0.39, 0.29) is 23.4 Å². The lowest BCUT2D eigenvalue weighted by Crippen LogP contribution is -2.34. The number of alkyl carbamates (subject to hydrolysis) is 1. The largest absolute Gasteiger partial charge is 0.444 e. The van der Waals surface area contributed by atoms with E-state index in [9.17, 15) is 9.59 Å². The molecule has 1 aliphatic rings. The normalized spacial score (nSPS) is 19.6. The Balaban J connectivity index is 1.97. The molecule has 0 saturated carbocycles. The highest BCUT2D eigenvalue weighted by molar-refractivity contribution is 14.1. The first-order valence-electron chi connectivity index (χ1n) is 8.99. The topological polar surface area (TPSA) is 55.4 Å². The molecule has 1 aromatic rings. The number of unbranched alkanes of at least 4 members (excludes halogenated alkanes) is 1. The number of benzene rings is 1. The second-order valence-electron chi connectivity index (χ2n) is 7.87. The number of cyclic esters (lactones) is 1. The van der Waals surface area contributed by atoms with E-state index in [1.807, 2.05) is 12.1 Å². The van der Waals surface area contributed by atoms with Gasteiger partial charge in [-0.25, -0.2) is 4.79 Å². The Bertz CT molecular complexity index is 664. The first-order chi connectivity index (χ1) is 12.2. The van der Waals surface area contributed by atoms with Crippen molar-refractivity contribution in [2.24, 2.45) is 5.41 Å². The zero-order chi connectivity index (χ0) is 19.4. The predicted octanol–water partition coefficient (Wildman–Crippen LogP) is 5.21. The monoisotopic (exact) mass is 535 g/mol. The van der Waals surface area contributed by atoms with Crippen LogP contribution in [-0.2, 0) is 14.9 Å². The molecule has 1 fully saturated rings. The Hall–Kier alpha value is -0.630. The van der Waals surface area contributed by atoms with Crippen LogP contribution in [0.3, 0.4) is 0 Å². The summed E-state index contributed by atoms with van der Waals surface area (Å²) < 4.78 is 6.49. The van der Waals surface area contributed by atoms with Gasteiger partial charge in [0.2, 0.25) is 0 Å². The Labute approximate surface area is 178 Å². The molecule has 4 nitrogen and oxygen atoms in total. The third-order valence-corrected chi connectivity index (χ3v) is 6.68. The summed E-state index contributed by atoms with van der Waals surface area (Å²) in [5, 5.41) is 3.09. The number of hydrogen-bond acceptors (Lipinski definition) is 3. The van der Waals surface area contributed by atoms with E-state index in [4.69, 9.17) is 4.74 Å². The molecule has 0 aromatic heterocycles. The van der Waals surface area contributed by atoms with E-state index in [0.717, 1.165) is 34.8 Å². The summed E-state index contributed by atoms with van der Waals surface area (Å²) in [7, 11) is 0. The SMILES string of the molecule is CC(CCCCC(C)(C)C1CNC(=O)O1)(C(=O)CBr)c1cccc(I)c1. The van der Waals surface area contributed by atoms with Crippen molar-refractivity contribution in [3.8, 4) is 0 Å². The first-order valence-corrected chi connectivity index (χ1v) is 11.2. The molecule has 26 heavy (non-hydrogen) atoms. The number of amides is 1. The molecular formula is C20H27BrINO3. The number of carbonyl (C=O) groups excluding carboxylic acids is 2. The maximum atomic E-state index is 12.7. The molecule has 2 unspecified atom stereocenters. The molecule has 2 atom stereocenters. The van der Waals surface area contributed by atoms with Crippen LogP contribution in [0.5, 0.6) is 0 Å². The summed E-state index contributed by atoms with van der Waals surface area (Å²) in [6, 6.07) is 8.22. The number of carbonyl (C=O) groups is 2. The third kappa shape index (κ3) is 5.21. The molecule has 1 amide bonds. The summed E-state index contributed by atoms with van der Waals surface area (Å²) >= 11 is 5.64. The van der Waals surface area contributed by atoms with Crippen LogP contribution < -0.4 is 5.32 Å². The molecule has 2 rings (SSSR count). The summed E-state index contributed by atoms with van der Waals surface area (Å²) in [5.74, 6) is 0.215. The van der Waals surface area contributed by atoms with Crippen LogP contribution in [0.15, 0.2) is 24.3 Å². The van der Waals surface area contributed by atoms with Crippen molar-refractivity contribution in [2.75, 3.05) is 11.9 Å². The van der Waals surface area contributed by atoms with E-state index >= 15 is 0 Å². The van der Waals surface area contributed by atoms with Crippen LogP contribution in [-0.4, -0.2) is 29.9 Å². The summed E-state index contributed by atoms with van der Waals surface area (Å²) in [6.07, 6.45) is 3.32. The highest BCUT2D eigenvalue weighted by Gasteiger charge is 2.37. The van der Waals surface area contributed by atoms with Crippen molar-refractivity contribution in [1.29, 1.82) is 0 Å². The lowest BCUT2D eigenvalue weighted by molar-refractivity contribution is -0.121. The fourth-order valence-corrected chi connectivity index (χ4v) is 4.63. The molecule has 0 bridgehead atoms. The van der Waals surface area contributed by atoms with E-state index < -0.39 is 5.41 Å². The number of ketones is 1. The van der Waals surface area contributed by atoms with Crippen molar-refractivity contribution < 1.29 is 14.3 Å². The van der Waals surface area contributed by atoms with Gasteiger partial charge in [0, 0.05) is 8.99 Å². The molecule has 144 valence electrons. The molecule has 1 heterocycles. The van der Waals surface area contributed by atoms with Crippen LogP contribution in [0.4, 0.5) is 4.79 Å². The molecular weight excluding hydrogens is 509 g/mol. The number of halogens is 2. The van der Waals surface area contributed by atoms with Gasteiger partial charge in [-0.15, -0.1) is 0 Å². The van der Waals surface area contributed by atoms with E-state index in [1.165, 1.54) is 0 Å². The summed E-state index contributed by atoms with van der Waals surface area (Å²) in [6.45, 7) is 6.91. The second kappa shape index (κ2) is 9.04. The summed E-state index contributed by atoms with van der Waals surface area (Å²) in [5.41, 5.74) is 0.537. The quantitative estimate of drug-likeness (QED) is 0.268. The lowest BCUT2D eigenvalue weighted by atomic mass is 9.74. The second-order valence-corrected chi connectivity index (χ2v) is 9.68. The van der Waals surface area contributed by atoms with Gasteiger partial charge in [-0.3, -0.25) is 4.79 Å². The molecule has 6 heteroatoms. The first kappa shape index (κ1) is 21.7. The molecule has 1 aromatic carbocycles. The maximum absolute atomic E-state index is 12.7. The fraction of sp³-hybridized carbons (Fsp3) is 0.600. The highest BCUT2D eigenvalue weighted by Crippen LogP contribution is 2.35. The summed E-state index contributed by atoms with van der Waals surface area (Å²) in [4.78, 5) is 23.9. The van der Waals surface area contributed by atoms with Gasteiger partial charge in [0.15, 0.2) is 5.78 Å². The van der Waals surface area contributed by atoms with Crippen molar-refractivity contribution in [2.45, 2.75) is 58.0 Å². The minimum Gasteiger partial charge on any atom is -0.444 e. The highest BCUT2D eigenvalue weighted by atomic mass is 127. The number of ether oxygens (including phenoxy) is 1. The van der Waals surface area contributed by atoms with Crippen LogP contribution in [0, 0.1) is 8.99 Å². The van der Waals surface area contributed by atoms with Crippen LogP contribution >= 0.6 is 38.5 Å². The van der Waals surface area contributed by atoms with Crippen LogP contribution in [0.2, 0.25) is 0 Å². The van der Waals surface area contributed by atoms with Gasteiger partial charge in [-0.05, 0) is 60.1 Å². The fourth-order valence-electron chi connectivity index (χ4n) is 3.47. The maximum Gasteiger partial charge on any atom is 0.407 e. The standard InChI is InChI=1S/C20H27BrINO3/c1-19(2,17-13-23-18(25)26-17)9-4-5-10-20(3,16(24)12-21)14-7-6-8-15(22)11-14/h6-8,11,17H,4-5,9-10,12-13H2,1-3H3,(H,23,25). The number of rotatable bonds is 9. The van der Waals surface area contributed by atoms with Crippen LogP contribution in [0.1, 0.15) is 52.0 Å². The van der Waals surface area contributed by atoms with Gasteiger partial charge < -0.3 is 10.1 Å². The van der Waals surface area contributed by atoms with Crippen molar-refractivity contribution in [3.05, 3.63) is 33.4 Å². The van der Waals surface area contributed by atoms with Gasteiger partial charge in [0.1, 0.15) is 6.10 Å². The van der Waals surface area contributed by atoms with Crippen molar-refractivity contribution in [1.82, 2.24) is 5.32 Å². The lowest BCUT2D eigenvalue weighted by Gasteiger charge is -2.31. The van der Waals surface area contributed by atoms with Gasteiger partial charge in [0.05, 0.1) is 17.3 Å². The Morgan fingerprint density at radius 1 is 1.31 bits per heavy atom. The molecule has 1 saturated heterocycles. The minimum atomic E-state index is -0.476. The molecule has 0 spiro atoms. The van der Waals surface area contributed by atoms with Gasteiger partial charge >= 0.3 is 6.09 Å². The van der Waals surface area contributed by atoms with E-state index in [0.29, 0.717) is 11.9 Å². The smallest absolute Gasteiger partial charge is 0.407 e. The number of hydrogen-bond donors (Lipinski definition) is 1. The number of nitrogens with one attached hydrogen (secondary N) is 1. The average molecular weight is 536 g/mol. The predicted molar refractivity (Wildman–Crippen MR) is 116 cm³/mol. The Kier molecular flexibility index (Phi) is 7.53. The van der Waals surface area contributed by atoms with Gasteiger partial charge in [-0.1, -0.05) is 54.8 Å². The molecule has 1 N–H and O–H groups in total. The zero-order valence-corrected chi connectivity index (χ0v) is 19.4. The third-order valence-electron chi connectivity index (χ3n) is 5.50. The Morgan fingerprint density at radius 2 is 2.00 bits per heavy atom. The van der Waals surface area contributed by atoms with Gasteiger partial charge in [0.25, 0.3) is 0 Å². The van der Waals surface area contributed by atoms with E-state index in [2.05, 4.69) is 76.7 Å². The van der Waals surface area contributed by atoms with Crippen molar-refractivity contribution in [3.63, 3.8) is 0 Å². The molecule has 0 radical (unpaired) electrons. The van der Waals surface area contributed by atoms with Gasteiger partial charge in [-0.2, -0.15) is 0 Å². The molecule has 1 aliphatic heterocycles. The Morgan fingerprint density at radius 3 is 2.58 bits per heavy atom. The van der Waals surface area contributed by atoms with Crippen molar-refractivity contribution >= 4 is 50.4 Å². The minimum absolute atomic E-state index is 0.0723. The zero-order valence-electron chi connectivity index (χ0n) is 15.6. The number of alkyl halides is 1. The van der Waals surface area contributed by atoms with Crippen LogP contribution in [0.25, 0.3) is 0 Å². The average Bonchev–Trinajstić information content (AvgIpc) is 3.05.